The number of nitriles is 1. The van der Waals surface area contributed by atoms with Crippen LogP contribution in [0.4, 0.5) is 5.69 Å². The summed E-state index contributed by atoms with van der Waals surface area (Å²) in [7, 11) is 1.68. The maximum atomic E-state index is 13.6. The molecule has 3 fully saturated rings. The van der Waals surface area contributed by atoms with Gasteiger partial charge in [0.15, 0.2) is 0 Å². The molecule has 0 bridgehead atoms. The number of para-hydroxylation sites is 2. The van der Waals surface area contributed by atoms with Gasteiger partial charge in [-0.3, -0.25) is 9.59 Å². The van der Waals surface area contributed by atoms with Gasteiger partial charge in [0.05, 0.1) is 30.0 Å². The van der Waals surface area contributed by atoms with Crippen LogP contribution in [0.25, 0.3) is 0 Å². The van der Waals surface area contributed by atoms with Gasteiger partial charge in [0, 0.05) is 44.2 Å². The van der Waals surface area contributed by atoms with Gasteiger partial charge in [-0.05, 0) is 92.2 Å². The van der Waals surface area contributed by atoms with Crippen LogP contribution in [-0.2, 0) is 4.79 Å². The molecule has 4 atom stereocenters. The van der Waals surface area contributed by atoms with Gasteiger partial charge in [-0.2, -0.15) is 5.26 Å². The Morgan fingerprint density at radius 2 is 1.71 bits per heavy atom. The third kappa shape index (κ3) is 5.85. The molecule has 2 amide bonds. The van der Waals surface area contributed by atoms with Gasteiger partial charge in [-0.1, -0.05) is 26.0 Å². The molecule has 0 aromatic heterocycles. The molecule has 224 valence electrons. The fraction of sp³-hybridized carbons (Fsp3) is 0.559. The Morgan fingerprint density at radius 1 is 1.02 bits per heavy atom. The van der Waals surface area contributed by atoms with Crippen molar-refractivity contribution >= 4 is 17.5 Å². The minimum absolute atomic E-state index is 0.101. The van der Waals surface area contributed by atoms with E-state index < -0.39 is 5.60 Å². The summed E-state index contributed by atoms with van der Waals surface area (Å²) < 4.78 is 5.54. The number of hydrogen-bond donors (Lipinski definition) is 2. The zero-order valence-corrected chi connectivity index (χ0v) is 25.4. The van der Waals surface area contributed by atoms with Gasteiger partial charge in [0.1, 0.15) is 5.75 Å². The number of anilines is 1. The molecule has 2 N–H and O–H groups in total. The summed E-state index contributed by atoms with van der Waals surface area (Å²) in [6.07, 6.45) is 3.97. The number of piperazine rings is 1. The highest BCUT2D eigenvalue weighted by molar-refractivity contribution is 5.94. The minimum Gasteiger partial charge on any atom is -0.495 e. The van der Waals surface area contributed by atoms with Crippen LogP contribution in [0.15, 0.2) is 48.5 Å². The number of aliphatic hydroxyl groups is 1. The first-order valence-corrected chi connectivity index (χ1v) is 15.2. The van der Waals surface area contributed by atoms with E-state index in [4.69, 9.17) is 10.00 Å². The van der Waals surface area contributed by atoms with Crippen LogP contribution in [-0.4, -0.2) is 66.8 Å². The van der Waals surface area contributed by atoms with E-state index in [1.54, 1.807) is 31.4 Å². The summed E-state index contributed by atoms with van der Waals surface area (Å²) >= 11 is 0. The number of carbonyl (C=O) groups is 2. The van der Waals surface area contributed by atoms with Crippen LogP contribution >= 0.6 is 0 Å². The van der Waals surface area contributed by atoms with Crippen molar-refractivity contribution < 1.29 is 19.4 Å². The van der Waals surface area contributed by atoms with E-state index in [-0.39, 0.29) is 34.6 Å². The summed E-state index contributed by atoms with van der Waals surface area (Å²) in [4.78, 5) is 31.3. The molecule has 0 spiro atoms. The number of benzene rings is 2. The first-order valence-electron chi connectivity index (χ1n) is 15.2. The fourth-order valence-electron chi connectivity index (χ4n) is 7.96. The number of amides is 2. The van der Waals surface area contributed by atoms with Crippen molar-refractivity contribution in [3.05, 3.63) is 59.7 Å². The van der Waals surface area contributed by atoms with Crippen LogP contribution in [0.3, 0.4) is 0 Å². The molecule has 2 aromatic carbocycles. The van der Waals surface area contributed by atoms with Gasteiger partial charge < -0.3 is 25.0 Å². The van der Waals surface area contributed by atoms with E-state index in [0.29, 0.717) is 49.9 Å². The normalized spacial score (nSPS) is 28.5. The first-order chi connectivity index (χ1) is 20.0. The quantitative estimate of drug-likeness (QED) is 0.496. The summed E-state index contributed by atoms with van der Waals surface area (Å²) in [6, 6.07) is 16.7. The fourth-order valence-corrected chi connectivity index (χ4v) is 7.96. The maximum absolute atomic E-state index is 13.6. The number of hydrogen-bond acceptors (Lipinski definition) is 6. The minimum atomic E-state index is -0.754. The molecule has 2 saturated carbocycles. The predicted molar refractivity (Wildman–Crippen MR) is 162 cm³/mol. The van der Waals surface area contributed by atoms with E-state index >= 15 is 0 Å². The number of nitrogens with zero attached hydrogens (tertiary/aromatic N) is 3. The highest BCUT2D eigenvalue weighted by atomic mass is 16.5. The van der Waals surface area contributed by atoms with Crippen LogP contribution in [0, 0.1) is 28.1 Å². The predicted octanol–water partition coefficient (Wildman–Crippen LogP) is 4.76. The summed E-state index contributed by atoms with van der Waals surface area (Å²) in [5.41, 5.74) is 0.964. The van der Waals surface area contributed by atoms with E-state index in [1.165, 1.54) is 0 Å². The molecule has 2 aromatic rings. The van der Waals surface area contributed by atoms with Gasteiger partial charge >= 0.3 is 0 Å². The highest BCUT2D eigenvalue weighted by Gasteiger charge is 2.61. The average molecular weight is 573 g/mol. The van der Waals surface area contributed by atoms with Gasteiger partial charge in [0.25, 0.3) is 5.91 Å². The topological polar surface area (TPSA) is 106 Å². The molecular formula is C34H44N4O4. The van der Waals surface area contributed by atoms with Crippen LogP contribution in [0.1, 0.15) is 75.2 Å². The van der Waals surface area contributed by atoms with E-state index in [1.807, 2.05) is 30.0 Å². The van der Waals surface area contributed by atoms with E-state index in [0.717, 1.165) is 37.4 Å². The third-order valence-corrected chi connectivity index (χ3v) is 10.3. The van der Waals surface area contributed by atoms with Crippen LogP contribution < -0.4 is 15.0 Å². The van der Waals surface area contributed by atoms with Crippen LogP contribution in [0.5, 0.6) is 5.75 Å². The van der Waals surface area contributed by atoms with Crippen molar-refractivity contribution in [3.8, 4) is 11.8 Å². The first kappa shape index (κ1) is 29.9. The lowest BCUT2D eigenvalue weighted by atomic mass is 9.57. The molecule has 0 unspecified atom stereocenters. The Morgan fingerprint density at radius 3 is 2.38 bits per heavy atom. The average Bonchev–Trinajstić information content (AvgIpc) is 3.20. The second kappa shape index (κ2) is 11.6. The molecule has 1 heterocycles. The maximum Gasteiger partial charge on any atom is 0.251 e. The number of methoxy groups -OCH3 is 1. The van der Waals surface area contributed by atoms with Gasteiger partial charge in [0.2, 0.25) is 5.91 Å². The molecule has 5 rings (SSSR count). The van der Waals surface area contributed by atoms with Gasteiger partial charge in [-0.15, -0.1) is 0 Å². The highest BCUT2D eigenvalue weighted by Crippen LogP contribution is 2.64. The SMILES string of the molecule is COc1ccccc1N1CCN(C(=O)CC[C@]23CC[C@](C)(O)C[C@H]2C(C)(C)C[C@@H]3NC(=O)c2ccc(C#N)cc2)CC1. The molecule has 1 saturated heterocycles. The Balaban J connectivity index is 1.30. The van der Waals surface area contributed by atoms with Gasteiger partial charge in [-0.25, -0.2) is 0 Å². The second-order valence-corrected chi connectivity index (χ2v) is 13.4. The molecule has 2 aliphatic carbocycles. The lowest BCUT2D eigenvalue weighted by molar-refractivity contribution is -0.133. The second-order valence-electron chi connectivity index (χ2n) is 13.4. The summed E-state index contributed by atoms with van der Waals surface area (Å²) in [6.45, 7) is 9.21. The number of carbonyl (C=O) groups excluding carboxylic acids is 2. The Bertz CT molecular complexity index is 1340. The molecule has 8 heteroatoms. The lowest BCUT2D eigenvalue weighted by Crippen LogP contribution is -2.53. The van der Waals surface area contributed by atoms with E-state index in [9.17, 15) is 14.7 Å². The molecule has 1 aliphatic heterocycles. The Kier molecular flexibility index (Phi) is 8.26. The summed E-state index contributed by atoms with van der Waals surface area (Å²) in [5.74, 6) is 1.02. The molecule has 3 aliphatic rings. The van der Waals surface area contributed by atoms with Crippen LogP contribution in [0.2, 0.25) is 0 Å². The smallest absolute Gasteiger partial charge is 0.251 e. The number of rotatable bonds is 7. The zero-order valence-electron chi connectivity index (χ0n) is 25.4. The summed E-state index contributed by atoms with van der Waals surface area (Å²) in [5, 5.41) is 23.6. The standard InChI is InChI=1S/C34H44N4O4/c1-32(2)22-29(36-31(40)25-11-9-24(23-35)10-12-25)34(16-15-33(3,41)21-28(32)34)14-13-30(39)38-19-17-37(18-20-38)26-7-5-6-8-27(26)42-4/h5-12,28-29,41H,13-22H2,1-4H3,(H,36,40)/t28-,29-,33-,34-/m0/s1. The van der Waals surface area contributed by atoms with Crippen molar-refractivity contribution in [2.75, 3.05) is 38.2 Å². The zero-order chi connectivity index (χ0) is 30.1. The molecule has 8 nitrogen and oxygen atoms in total. The van der Waals surface area contributed by atoms with Crippen molar-refractivity contribution in [2.24, 2.45) is 16.7 Å². The van der Waals surface area contributed by atoms with Crippen molar-refractivity contribution in [1.82, 2.24) is 10.2 Å². The number of ether oxygens (including phenoxy) is 1. The largest absolute Gasteiger partial charge is 0.495 e. The van der Waals surface area contributed by atoms with E-state index in [2.05, 4.69) is 36.2 Å². The monoisotopic (exact) mass is 572 g/mol. The van der Waals surface area contributed by atoms with Crippen molar-refractivity contribution in [2.45, 2.75) is 70.9 Å². The Labute approximate surface area is 249 Å². The number of fused-ring (bicyclic) bond motifs is 1. The van der Waals surface area contributed by atoms with Crippen molar-refractivity contribution in [1.29, 1.82) is 5.26 Å². The third-order valence-electron chi connectivity index (χ3n) is 10.3. The Hall–Kier alpha value is -3.57. The molecule has 42 heavy (non-hydrogen) atoms. The molecule has 0 radical (unpaired) electrons. The van der Waals surface area contributed by atoms with Crippen molar-refractivity contribution in [3.63, 3.8) is 0 Å². The molecular weight excluding hydrogens is 528 g/mol. The number of nitrogens with one attached hydrogen (secondary N) is 1. The lowest BCUT2D eigenvalue weighted by Gasteiger charge is -2.51.